The van der Waals surface area contributed by atoms with E-state index in [1.165, 1.54) is 16.2 Å². The zero-order valence-corrected chi connectivity index (χ0v) is 18.2. The molecule has 164 valence electrons. The standard InChI is InChI=1S/C22H25N3O5S/c1-2-16-7-8-17(31-16)20(27)23-18-11-22(18)13-25(21(28)30-22)15-5-3-14(4-6-15)24-9-10-29-12-19(24)26/h3,5,7-8,18H,2,4,6,9-13H2,1H3,(H,23,27)/t18-,22?/m0/s1. The fraction of sp³-hybridized carbons (Fsp3) is 0.500. The van der Waals surface area contributed by atoms with E-state index < -0.39 is 5.60 Å². The highest BCUT2D eigenvalue weighted by atomic mass is 32.1. The number of ether oxygens (including phenoxy) is 2. The van der Waals surface area contributed by atoms with E-state index in [-0.39, 0.29) is 30.6 Å². The molecule has 31 heavy (non-hydrogen) atoms. The van der Waals surface area contributed by atoms with Crippen molar-refractivity contribution in [1.82, 2.24) is 15.1 Å². The molecular formula is C22H25N3O5S. The second-order valence-corrected chi connectivity index (χ2v) is 9.45. The zero-order chi connectivity index (χ0) is 21.6. The quantitative estimate of drug-likeness (QED) is 0.755. The predicted molar refractivity (Wildman–Crippen MR) is 113 cm³/mol. The van der Waals surface area contributed by atoms with Crippen molar-refractivity contribution in [3.05, 3.63) is 45.4 Å². The van der Waals surface area contributed by atoms with E-state index in [1.54, 1.807) is 9.80 Å². The Bertz CT molecular complexity index is 999. The van der Waals surface area contributed by atoms with Crippen LogP contribution in [0.15, 0.2) is 35.7 Å². The molecule has 2 aliphatic carbocycles. The minimum absolute atomic E-state index is 0.0257. The zero-order valence-electron chi connectivity index (χ0n) is 17.4. The molecule has 1 saturated carbocycles. The normalized spacial score (nSPS) is 27.8. The molecule has 4 aliphatic rings. The third-order valence-electron chi connectivity index (χ3n) is 6.29. The average Bonchev–Trinajstić information content (AvgIpc) is 3.11. The maximum absolute atomic E-state index is 12.6. The smallest absolute Gasteiger partial charge is 0.414 e. The summed E-state index contributed by atoms with van der Waals surface area (Å²) in [6.45, 7) is 3.72. The van der Waals surface area contributed by atoms with Gasteiger partial charge >= 0.3 is 6.09 Å². The van der Waals surface area contributed by atoms with Crippen molar-refractivity contribution >= 4 is 29.2 Å². The first-order chi connectivity index (χ1) is 15.0. The summed E-state index contributed by atoms with van der Waals surface area (Å²) in [5.41, 5.74) is 1.20. The van der Waals surface area contributed by atoms with Crippen molar-refractivity contribution in [3.8, 4) is 0 Å². The molecule has 3 fully saturated rings. The molecule has 8 nitrogen and oxygen atoms in total. The molecule has 1 N–H and O–H groups in total. The van der Waals surface area contributed by atoms with Crippen LogP contribution in [-0.4, -0.2) is 65.7 Å². The minimum atomic E-state index is -0.636. The Labute approximate surface area is 184 Å². The van der Waals surface area contributed by atoms with Crippen LogP contribution in [0.25, 0.3) is 0 Å². The van der Waals surface area contributed by atoms with Crippen LogP contribution < -0.4 is 5.32 Å². The Kier molecular flexibility index (Phi) is 5.10. The van der Waals surface area contributed by atoms with Crippen molar-refractivity contribution in [3.63, 3.8) is 0 Å². The number of allylic oxidation sites excluding steroid dienone is 4. The van der Waals surface area contributed by atoms with Gasteiger partial charge in [-0.3, -0.25) is 14.5 Å². The Morgan fingerprint density at radius 1 is 1.23 bits per heavy atom. The number of carbonyl (C=O) groups excluding carboxylic acids is 3. The Morgan fingerprint density at radius 3 is 2.68 bits per heavy atom. The number of nitrogens with zero attached hydrogens (tertiary/aromatic N) is 2. The van der Waals surface area contributed by atoms with Crippen LogP contribution in [-0.2, 0) is 20.7 Å². The summed E-state index contributed by atoms with van der Waals surface area (Å²) in [4.78, 5) is 42.4. The molecule has 0 bridgehead atoms. The first-order valence-corrected chi connectivity index (χ1v) is 11.5. The summed E-state index contributed by atoms with van der Waals surface area (Å²) < 4.78 is 10.9. The topological polar surface area (TPSA) is 88.2 Å². The van der Waals surface area contributed by atoms with E-state index >= 15 is 0 Å². The van der Waals surface area contributed by atoms with Gasteiger partial charge < -0.3 is 19.7 Å². The number of aryl methyl sites for hydroxylation is 1. The van der Waals surface area contributed by atoms with E-state index in [0.29, 0.717) is 43.8 Å². The third kappa shape index (κ3) is 3.76. The molecule has 3 heterocycles. The molecule has 5 rings (SSSR count). The number of hydrogen-bond donors (Lipinski definition) is 1. The second kappa shape index (κ2) is 7.80. The lowest BCUT2D eigenvalue weighted by Crippen LogP contribution is -2.41. The molecule has 1 unspecified atom stereocenters. The maximum Gasteiger partial charge on any atom is 0.414 e. The highest BCUT2D eigenvalue weighted by Gasteiger charge is 2.64. The summed E-state index contributed by atoms with van der Waals surface area (Å²) in [7, 11) is 0. The number of hydrogen-bond acceptors (Lipinski definition) is 6. The van der Waals surface area contributed by atoms with E-state index in [1.807, 2.05) is 24.3 Å². The van der Waals surface area contributed by atoms with Gasteiger partial charge in [0, 0.05) is 29.2 Å². The van der Waals surface area contributed by atoms with Gasteiger partial charge in [0.05, 0.1) is 24.1 Å². The number of amides is 3. The number of carbonyl (C=O) groups is 3. The van der Waals surface area contributed by atoms with Gasteiger partial charge in [0.15, 0.2) is 5.60 Å². The van der Waals surface area contributed by atoms with Gasteiger partial charge in [-0.1, -0.05) is 6.92 Å². The van der Waals surface area contributed by atoms with Crippen molar-refractivity contribution in [2.45, 2.75) is 44.2 Å². The Morgan fingerprint density at radius 2 is 2.00 bits per heavy atom. The van der Waals surface area contributed by atoms with Gasteiger partial charge in [0.25, 0.3) is 11.8 Å². The van der Waals surface area contributed by atoms with E-state index in [4.69, 9.17) is 9.47 Å². The Hall–Kier alpha value is -2.65. The molecule has 9 heteroatoms. The van der Waals surface area contributed by atoms with Gasteiger partial charge in [0.1, 0.15) is 6.61 Å². The molecule has 0 aromatic carbocycles. The lowest BCUT2D eigenvalue weighted by atomic mass is 10.1. The number of morpholine rings is 1. The van der Waals surface area contributed by atoms with E-state index in [9.17, 15) is 14.4 Å². The maximum atomic E-state index is 12.6. The summed E-state index contributed by atoms with van der Waals surface area (Å²) in [5.74, 6) is -0.136. The molecule has 2 atom stereocenters. The first kappa shape index (κ1) is 20.3. The van der Waals surface area contributed by atoms with Crippen molar-refractivity contribution in [1.29, 1.82) is 0 Å². The first-order valence-electron chi connectivity index (χ1n) is 10.7. The minimum Gasteiger partial charge on any atom is -0.438 e. The molecule has 2 aliphatic heterocycles. The molecule has 1 aromatic heterocycles. The van der Waals surface area contributed by atoms with Gasteiger partial charge in [-0.25, -0.2) is 4.79 Å². The van der Waals surface area contributed by atoms with Gasteiger partial charge in [-0.05, 0) is 43.5 Å². The van der Waals surface area contributed by atoms with Gasteiger partial charge in [-0.2, -0.15) is 0 Å². The summed E-state index contributed by atoms with van der Waals surface area (Å²) in [6.07, 6.45) is 6.32. The third-order valence-corrected chi connectivity index (χ3v) is 7.51. The summed E-state index contributed by atoms with van der Waals surface area (Å²) in [6, 6.07) is 3.65. The molecular weight excluding hydrogens is 418 g/mol. The van der Waals surface area contributed by atoms with Crippen LogP contribution in [0.5, 0.6) is 0 Å². The van der Waals surface area contributed by atoms with E-state index in [2.05, 4.69) is 12.2 Å². The van der Waals surface area contributed by atoms with Crippen LogP contribution in [0.2, 0.25) is 0 Å². The van der Waals surface area contributed by atoms with Crippen LogP contribution in [0.4, 0.5) is 4.79 Å². The summed E-state index contributed by atoms with van der Waals surface area (Å²) >= 11 is 1.50. The lowest BCUT2D eigenvalue weighted by Gasteiger charge is -2.31. The fourth-order valence-corrected chi connectivity index (χ4v) is 5.23. The van der Waals surface area contributed by atoms with Crippen LogP contribution in [0.1, 0.15) is 40.7 Å². The lowest BCUT2D eigenvalue weighted by molar-refractivity contribution is -0.140. The molecule has 0 radical (unpaired) electrons. The summed E-state index contributed by atoms with van der Waals surface area (Å²) in [5, 5.41) is 3.02. The molecule has 1 spiro atoms. The Balaban J connectivity index is 1.22. The highest BCUT2D eigenvalue weighted by molar-refractivity contribution is 7.14. The van der Waals surface area contributed by atoms with Crippen LogP contribution >= 0.6 is 11.3 Å². The van der Waals surface area contributed by atoms with E-state index in [0.717, 1.165) is 17.8 Å². The SMILES string of the molecule is CCc1ccc(C(=O)N[C@H]2CC23CN(C2=CC=C(N4CCOCC4=O)CC2)C(=O)O3)s1. The molecule has 3 amide bonds. The molecule has 1 aromatic rings. The number of thiophene rings is 1. The molecule has 2 saturated heterocycles. The number of rotatable bonds is 5. The van der Waals surface area contributed by atoms with Crippen molar-refractivity contribution in [2.24, 2.45) is 0 Å². The second-order valence-electron chi connectivity index (χ2n) is 8.28. The predicted octanol–water partition coefficient (Wildman–Crippen LogP) is 2.42. The van der Waals surface area contributed by atoms with Gasteiger partial charge in [-0.15, -0.1) is 11.3 Å². The van der Waals surface area contributed by atoms with Gasteiger partial charge in [0.2, 0.25) is 0 Å². The van der Waals surface area contributed by atoms with Crippen LogP contribution in [0, 0.1) is 0 Å². The fourth-order valence-electron chi connectivity index (χ4n) is 4.38. The number of nitrogens with one attached hydrogen (secondary N) is 1. The van der Waals surface area contributed by atoms with Crippen molar-refractivity contribution < 1.29 is 23.9 Å². The van der Waals surface area contributed by atoms with Crippen molar-refractivity contribution in [2.75, 3.05) is 26.3 Å². The average molecular weight is 444 g/mol. The van der Waals surface area contributed by atoms with Crippen LogP contribution in [0.3, 0.4) is 0 Å². The monoisotopic (exact) mass is 443 g/mol. The highest BCUT2D eigenvalue weighted by Crippen LogP contribution is 2.47. The largest absolute Gasteiger partial charge is 0.438 e.